The van der Waals surface area contributed by atoms with Crippen LogP contribution >= 0.6 is 0 Å². The van der Waals surface area contributed by atoms with Crippen molar-refractivity contribution in [3.8, 4) is 0 Å². The van der Waals surface area contributed by atoms with Gasteiger partial charge in [0.15, 0.2) is 0 Å². The topological polar surface area (TPSA) is 101 Å². The van der Waals surface area contributed by atoms with Crippen LogP contribution in [0.2, 0.25) is 0 Å². The number of H-pyrrole nitrogens is 1. The molecule has 1 unspecified atom stereocenters. The van der Waals surface area contributed by atoms with E-state index in [-0.39, 0.29) is 33.6 Å². The van der Waals surface area contributed by atoms with Gasteiger partial charge in [-0.1, -0.05) is 6.58 Å². The number of hydrogen-bond acceptors (Lipinski definition) is 5. The molecule has 2 N–H and O–H groups in total. The number of halogens is 1. The molecule has 1 fully saturated rings. The first-order valence-electron chi connectivity index (χ1n) is 9.16. The van der Waals surface area contributed by atoms with Crippen molar-refractivity contribution in [2.45, 2.75) is 18.3 Å². The second-order valence-corrected chi connectivity index (χ2v) is 7.47. The van der Waals surface area contributed by atoms with Crippen LogP contribution in [0.4, 0.5) is 15.8 Å². The smallest absolute Gasteiger partial charge is 0.317 e. The number of benzene rings is 1. The summed E-state index contributed by atoms with van der Waals surface area (Å²) in [7, 11) is 0. The Labute approximate surface area is 160 Å². The monoisotopic (exact) mass is 386 g/mol. The molecule has 0 bridgehead atoms. The van der Waals surface area contributed by atoms with Crippen LogP contribution < -0.4 is 9.80 Å². The van der Waals surface area contributed by atoms with Gasteiger partial charge in [0, 0.05) is 11.6 Å². The number of carbonyl (C=O) groups is 1. The highest BCUT2D eigenvalue weighted by atomic mass is 19.1. The Hall–Kier alpha value is -2.91. The summed E-state index contributed by atoms with van der Waals surface area (Å²) in [6.45, 7) is 5.98. The quantitative estimate of drug-likeness (QED) is 0.364. The van der Waals surface area contributed by atoms with Gasteiger partial charge in [-0.2, -0.15) is 5.10 Å². The summed E-state index contributed by atoms with van der Waals surface area (Å²) in [4.78, 5) is 24.4. The molecule has 1 spiro atoms. The van der Waals surface area contributed by atoms with E-state index in [1.807, 2.05) is 0 Å². The molecule has 2 aliphatic rings. The van der Waals surface area contributed by atoms with Gasteiger partial charge in [0.05, 0.1) is 10.3 Å². The minimum atomic E-state index is -0.622. The maximum atomic E-state index is 14.1. The third kappa shape index (κ3) is 2.58. The third-order valence-electron chi connectivity index (χ3n) is 5.97. The molecule has 4 rings (SSSR count). The van der Waals surface area contributed by atoms with E-state index >= 15 is 0 Å². The molecule has 2 aromatic rings. The van der Waals surface area contributed by atoms with Crippen molar-refractivity contribution < 1.29 is 14.1 Å². The fourth-order valence-corrected chi connectivity index (χ4v) is 4.76. The third-order valence-corrected chi connectivity index (χ3v) is 5.97. The molecule has 3 heterocycles. The average molecular weight is 386 g/mol. The van der Waals surface area contributed by atoms with E-state index in [1.165, 1.54) is 12.1 Å². The van der Waals surface area contributed by atoms with E-state index in [0.29, 0.717) is 12.2 Å². The van der Waals surface area contributed by atoms with Crippen LogP contribution in [-0.2, 0) is 5.41 Å². The number of nitrogens with zero attached hydrogens (tertiary/aromatic N) is 3. The molecule has 0 aliphatic carbocycles. The van der Waals surface area contributed by atoms with Gasteiger partial charge in [-0.25, -0.2) is 13.7 Å². The van der Waals surface area contributed by atoms with Crippen LogP contribution in [0.3, 0.4) is 0 Å². The molecular weight excluding hydrogens is 365 g/mol. The van der Waals surface area contributed by atoms with E-state index in [9.17, 15) is 19.3 Å². The Morgan fingerprint density at radius 3 is 2.86 bits per heavy atom. The number of aromatic nitrogens is 2. The molecule has 28 heavy (non-hydrogen) atoms. The van der Waals surface area contributed by atoms with Crippen molar-refractivity contribution in [1.29, 1.82) is 0 Å². The molecular formula is C19H21FN5O3+. The first-order valence-corrected chi connectivity index (χ1v) is 9.16. The van der Waals surface area contributed by atoms with E-state index in [1.54, 1.807) is 12.1 Å². The summed E-state index contributed by atoms with van der Waals surface area (Å²) < 4.78 is 14.0. The highest BCUT2D eigenvalue weighted by Gasteiger charge is 2.58. The number of aromatic amines is 1. The van der Waals surface area contributed by atoms with Crippen LogP contribution in [0, 0.1) is 15.9 Å². The van der Waals surface area contributed by atoms with Gasteiger partial charge in [0.2, 0.25) is 0 Å². The van der Waals surface area contributed by atoms with Crippen molar-refractivity contribution in [3.05, 3.63) is 64.2 Å². The van der Waals surface area contributed by atoms with Crippen molar-refractivity contribution >= 4 is 17.3 Å². The molecule has 9 heteroatoms. The van der Waals surface area contributed by atoms with E-state index in [4.69, 9.17) is 0 Å². The zero-order chi connectivity index (χ0) is 19.9. The zero-order valence-electron chi connectivity index (χ0n) is 15.3. The number of amides is 1. The van der Waals surface area contributed by atoms with Gasteiger partial charge in [0.25, 0.3) is 5.69 Å². The maximum Gasteiger partial charge on any atom is 0.378 e. The largest absolute Gasteiger partial charge is 0.378 e. The summed E-state index contributed by atoms with van der Waals surface area (Å²) in [5, 5.41) is 21.0. The highest BCUT2D eigenvalue weighted by molar-refractivity contribution is 6.05. The summed E-state index contributed by atoms with van der Waals surface area (Å²) in [6.07, 6.45) is 4.26. The van der Waals surface area contributed by atoms with Crippen LogP contribution in [0.15, 0.2) is 37.1 Å². The molecule has 0 radical (unpaired) electrons. The van der Waals surface area contributed by atoms with Gasteiger partial charge < -0.3 is 5.32 Å². The minimum absolute atomic E-state index is 0.176. The van der Waals surface area contributed by atoms with Gasteiger partial charge in [-0.05, 0) is 44.1 Å². The Bertz CT molecular complexity index is 966. The zero-order valence-corrected chi connectivity index (χ0v) is 15.3. The molecule has 1 aromatic heterocycles. The van der Waals surface area contributed by atoms with Crippen LogP contribution in [0.1, 0.15) is 28.9 Å². The lowest BCUT2D eigenvalue weighted by Gasteiger charge is -2.36. The van der Waals surface area contributed by atoms with Crippen molar-refractivity contribution in [2.75, 3.05) is 26.2 Å². The Kier molecular flexibility index (Phi) is 4.35. The number of carbonyl (C=O) groups excluding carboxylic acids is 1. The van der Waals surface area contributed by atoms with Crippen LogP contribution in [-0.4, -0.2) is 47.2 Å². The van der Waals surface area contributed by atoms with E-state index < -0.39 is 10.8 Å². The number of nitro groups is 1. The molecule has 8 nitrogen and oxygen atoms in total. The van der Waals surface area contributed by atoms with Crippen molar-refractivity contribution in [2.24, 2.45) is 0 Å². The van der Waals surface area contributed by atoms with E-state index in [0.717, 1.165) is 37.7 Å². The summed E-state index contributed by atoms with van der Waals surface area (Å²) in [5.41, 5.74) is 0.536. The number of rotatable bonds is 4. The first kappa shape index (κ1) is 18.5. The number of fused-ring (bicyclic) bond motifs is 2. The lowest BCUT2D eigenvalue weighted by Crippen LogP contribution is -2.57. The van der Waals surface area contributed by atoms with Crippen LogP contribution in [0.5, 0.6) is 0 Å². The lowest BCUT2D eigenvalue weighted by molar-refractivity contribution is -0.385. The number of quaternary nitrogens is 1. The lowest BCUT2D eigenvalue weighted by atomic mass is 9.74. The fourth-order valence-electron chi connectivity index (χ4n) is 4.76. The molecule has 146 valence electrons. The van der Waals surface area contributed by atoms with E-state index in [2.05, 4.69) is 22.1 Å². The van der Waals surface area contributed by atoms with Gasteiger partial charge in [-0.15, -0.1) is 0 Å². The van der Waals surface area contributed by atoms with Crippen LogP contribution in [0.25, 0.3) is 0 Å². The second-order valence-electron chi connectivity index (χ2n) is 7.47. The summed E-state index contributed by atoms with van der Waals surface area (Å²) in [6, 6.07) is 4.47. The Morgan fingerprint density at radius 2 is 2.18 bits per heavy atom. The summed E-state index contributed by atoms with van der Waals surface area (Å²) in [5.74, 6) is -0.829. The number of piperidine rings is 1. The highest BCUT2D eigenvalue weighted by Crippen LogP contribution is 2.51. The average Bonchev–Trinajstić information content (AvgIpc) is 3.26. The second kappa shape index (κ2) is 6.61. The van der Waals surface area contributed by atoms with Gasteiger partial charge in [0.1, 0.15) is 30.8 Å². The first-order chi connectivity index (χ1) is 13.4. The molecule has 1 saturated heterocycles. The van der Waals surface area contributed by atoms with Crippen molar-refractivity contribution in [3.63, 3.8) is 0 Å². The Morgan fingerprint density at radius 1 is 1.43 bits per heavy atom. The molecule has 1 atom stereocenters. The SMILES string of the molecule is C=CC[N+]1(C(=O)c2n[nH]cc2[N+](=O)[O-])CC2(CCNCC2)c2cc(F)ccc21. The van der Waals surface area contributed by atoms with Crippen molar-refractivity contribution in [1.82, 2.24) is 20.0 Å². The Balaban J connectivity index is 1.91. The van der Waals surface area contributed by atoms with Gasteiger partial charge in [-0.3, -0.25) is 15.2 Å². The normalized spacial score (nSPS) is 22.8. The molecule has 0 saturated carbocycles. The maximum absolute atomic E-state index is 14.1. The predicted molar refractivity (Wildman–Crippen MR) is 101 cm³/mol. The molecule has 1 amide bonds. The summed E-state index contributed by atoms with van der Waals surface area (Å²) >= 11 is 0. The number of hydrogen-bond donors (Lipinski definition) is 2. The predicted octanol–water partition coefficient (Wildman–Crippen LogP) is 2.43. The molecule has 1 aromatic carbocycles. The minimum Gasteiger partial charge on any atom is -0.317 e. The molecule has 2 aliphatic heterocycles. The standard InChI is InChI=1S/C19H20FN5O3/c1-2-9-25(18(26)17-15(24(27)28)11-22-23-17)12-19(5-7-21-8-6-19)14-10-13(20)3-4-16(14)25/h2-4,10-11,21H,1,5-9,12H2/p+1. The number of nitrogens with one attached hydrogen (secondary N) is 2. The fraction of sp³-hybridized carbons (Fsp3) is 0.368. The van der Waals surface area contributed by atoms with Gasteiger partial charge >= 0.3 is 11.6 Å².